The number of carbonyl (C=O) groups is 2. The summed E-state index contributed by atoms with van der Waals surface area (Å²) >= 11 is 0. The molecular formula is C13H17NO3. The molecule has 1 rings (SSSR count). The predicted molar refractivity (Wildman–Crippen MR) is 63.5 cm³/mol. The van der Waals surface area contributed by atoms with Crippen LogP contribution in [0.5, 0.6) is 0 Å². The lowest BCUT2D eigenvalue weighted by atomic mass is 9.90. The molecule has 0 N–H and O–H groups in total. The fourth-order valence-corrected chi connectivity index (χ4v) is 1.58. The summed E-state index contributed by atoms with van der Waals surface area (Å²) in [4.78, 5) is 27.8. The number of esters is 1. The van der Waals surface area contributed by atoms with Gasteiger partial charge in [0, 0.05) is 6.20 Å². The molecule has 4 nitrogen and oxygen atoms in total. The number of nitrogens with zero attached hydrogens (tertiary/aromatic N) is 1. The van der Waals surface area contributed by atoms with Gasteiger partial charge in [-0.15, -0.1) is 0 Å². The zero-order chi connectivity index (χ0) is 12.8. The Morgan fingerprint density at radius 1 is 1.35 bits per heavy atom. The van der Waals surface area contributed by atoms with Gasteiger partial charge in [0.2, 0.25) is 0 Å². The van der Waals surface area contributed by atoms with E-state index in [2.05, 4.69) is 4.98 Å². The van der Waals surface area contributed by atoms with E-state index in [0.717, 1.165) is 0 Å². The van der Waals surface area contributed by atoms with E-state index in [0.29, 0.717) is 5.69 Å². The number of hydrogen-bond acceptors (Lipinski definition) is 4. The van der Waals surface area contributed by atoms with Crippen LogP contribution < -0.4 is 0 Å². The summed E-state index contributed by atoms with van der Waals surface area (Å²) in [5, 5.41) is 0. The van der Waals surface area contributed by atoms with Gasteiger partial charge in [-0.2, -0.15) is 0 Å². The molecule has 0 aromatic carbocycles. The number of rotatable bonds is 5. The average molecular weight is 235 g/mol. The topological polar surface area (TPSA) is 56.3 Å². The van der Waals surface area contributed by atoms with Gasteiger partial charge in [0.1, 0.15) is 11.6 Å². The molecule has 1 unspecified atom stereocenters. The van der Waals surface area contributed by atoms with E-state index in [9.17, 15) is 9.59 Å². The van der Waals surface area contributed by atoms with E-state index in [-0.39, 0.29) is 18.3 Å². The lowest BCUT2D eigenvalue weighted by molar-refractivity contribution is -0.147. The summed E-state index contributed by atoms with van der Waals surface area (Å²) in [5.74, 6) is -1.63. The largest absolute Gasteiger partial charge is 0.465 e. The van der Waals surface area contributed by atoms with Crippen LogP contribution >= 0.6 is 0 Å². The van der Waals surface area contributed by atoms with Crippen LogP contribution in [0.15, 0.2) is 24.4 Å². The first-order valence-electron chi connectivity index (χ1n) is 5.69. The van der Waals surface area contributed by atoms with Crippen LogP contribution in [-0.4, -0.2) is 23.3 Å². The zero-order valence-corrected chi connectivity index (χ0v) is 10.3. The molecule has 4 heteroatoms. The maximum absolute atomic E-state index is 12.1. The Balaban J connectivity index is 2.92. The van der Waals surface area contributed by atoms with Gasteiger partial charge in [-0.05, 0) is 25.0 Å². The highest BCUT2D eigenvalue weighted by Crippen LogP contribution is 2.18. The summed E-state index contributed by atoms with van der Waals surface area (Å²) < 4.78 is 4.92. The number of pyridine rings is 1. The Kier molecular flexibility index (Phi) is 4.82. The standard InChI is InChI=1S/C13H17NO3/c1-4-17-13(16)11(9(2)3)12(15)10-7-5-6-8-14-10/h5-9,11H,4H2,1-3H3. The Hall–Kier alpha value is -1.71. The van der Waals surface area contributed by atoms with Crippen LogP contribution in [0.4, 0.5) is 0 Å². The molecule has 0 aliphatic carbocycles. The minimum atomic E-state index is -0.773. The van der Waals surface area contributed by atoms with Crippen molar-refractivity contribution in [3.05, 3.63) is 30.1 Å². The highest BCUT2D eigenvalue weighted by molar-refractivity contribution is 6.07. The van der Waals surface area contributed by atoms with E-state index in [1.807, 2.05) is 13.8 Å². The third-order valence-corrected chi connectivity index (χ3v) is 2.41. The Morgan fingerprint density at radius 2 is 2.06 bits per heavy atom. The number of ether oxygens (including phenoxy) is 1. The number of ketones is 1. The highest BCUT2D eigenvalue weighted by Gasteiger charge is 2.32. The summed E-state index contributed by atoms with van der Waals surface area (Å²) in [5.41, 5.74) is 0.305. The lowest BCUT2D eigenvalue weighted by Crippen LogP contribution is -2.31. The van der Waals surface area contributed by atoms with Gasteiger partial charge in [-0.1, -0.05) is 19.9 Å². The van der Waals surface area contributed by atoms with Crippen LogP contribution in [0.3, 0.4) is 0 Å². The van der Waals surface area contributed by atoms with Gasteiger partial charge in [0.15, 0.2) is 5.78 Å². The molecule has 0 radical (unpaired) electrons. The molecular weight excluding hydrogens is 218 g/mol. The normalized spacial score (nSPS) is 12.2. The number of hydrogen-bond donors (Lipinski definition) is 0. The van der Waals surface area contributed by atoms with Gasteiger partial charge in [-0.25, -0.2) is 0 Å². The van der Waals surface area contributed by atoms with Crippen LogP contribution in [0.25, 0.3) is 0 Å². The van der Waals surface area contributed by atoms with Gasteiger partial charge in [-0.3, -0.25) is 14.6 Å². The third-order valence-electron chi connectivity index (χ3n) is 2.41. The van der Waals surface area contributed by atoms with E-state index < -0.39 is 11.9 Å². The Labute approximate surface area is 101 Å². The van der Waals surface area contributed by atoms with Crippen LogP contribution in [0.2, 0.25) is 0 Å². The van der Waals surface area contributed by atoms with Gasteiger partial charge >= 0.3 is 5.97 Å². The van der Waals surface area contributed by atoms with Crippen molar-refractivity contribution in [1.82, 2.24) is 4.98 Å². The minimum Gasteiger partial charge on any atom is -0.465 e. The monoisotopic (exact) mass is 235 g/mol. The zero-order valence-electron chi connectivity index (χ0n) is 10.3. The van der Waals surface area contributed by atoms with Gasteiger partial charge in [0.25, 0.3) is 0 Å². The molecule has 1 atom stereocenters. The highest BCUT2D eigenvalue weighted by atomic mass is 16.5. The summed E-state index contributed by atoms with van der Waals surface area (Å²) in [7, 11) is 0. The third kappa shape index (κ3) is 3.37. The molecule has 0 spiro atoms. The average Bonchev–Trinajstić information content (AvgIpc) is 2.30. The molecule has 1 aromatic heterocycles. The van der Waals surface area contributed by atoms with Crippen molar-refractivity contribution in [2.45, 2.75) is 20.8 Å². The molecule has 0 bridgehead atoms. The molecule has 0 aliphatic rings. The first-order valence-corrected chi connectivity index (χ1v) is 5.69. The van der Waals surface area contributed by atoms with Gasteiger partial charge in [0.05, 0.1) is 6.61 Å². The fraction of sp³-hybridized carbons (Fsp3) is 0.462. The van der Waals surface area contributed by atoms with Crippen molar-refractivity contribution in [1.29, 1.82) is 0 Å². The van der Waals surface area contributed by atoms with Crippen LogP contribution in [-0.2, 0) is 9.53 Å². The van der Waals surface area contributed by atoms with Gasteiger partial charge < -0.3 is 4.74 Å². The second kappa shape index (κ2) is 6.13. The SMILES string of the molecule is CCOC(=O)C(C(=O)c1ccccn1)C(C)C. The molecule has 0 fully saturated rings. The quantitative estimate of drug-likeness (QED) is 0.445. The molecule has 17 heavy (non-hydrogen) atoms. The first-order chi connectivity index (χ1) is 8.07. The van der Waals surface area contributed by atoms with E-state index in [1.165, 1.54) is 6.20 Å². The maximum atomic E-state index is 12.1. The lowest BCUT2D eigenvalue weighted by Gasteiger charge is -2.17. The molecule has 0 aliphatic heterocycles. The fourth-order valence-electron chi connectivity index (χ4n) is 1.58. The van der Waals surface area contributed by atoms with Crippen molar-refractivity contribution in [3.8, 4) is 0 Å². The molecule has 1 heterocycles. The second-order valence-corrected chi connectivity index (χ2v) is 4.05. The second-order valence-electron chi connectivity index (χ2n) is 4.05. The predicted octanol–water partition coefficient (Wildman–Crippen LogP) is 2.10. The van der Waals surface area contributed by atoms with Crippen LogP contribution in [0.1, 0.15) is 31.3 Å². The van der Waals surface area contributed by atoms with Crippen molar-refractivity contribution >= 4 is 11.8 Å². The van der Waals surface area contributed by atoms with E-state index >= 15 is 0 Å². The molecule has 1 aromatic rings. The molecule has 0 saturated heterocycles. The summed E-state index contributed by atoms with van der Waals surface area (Å²) in [6.45, 7) is 5.64. The number of Topliss-reactive ketones (excluding diaryl/α,β-unsaturated/α-hetero) is 1. The van der Waals surface area contributed by atoms with E-state index in [1.54, 1.807) is 25.1 Å². The first kappa shape index (κ1) is 13.4. The summed E-state index contributed by atoms with van der Waals surface area (Å²) in [6.07, 6.45) is 1.54. The summed E-state index contributed by atoms with van der Waals surface area (Å²) in [6, 6.07) is 5.06. The van der Waals surface area contributed by atoms with Crippen LogP contribution in [0, 0.1) is 11.8 Å². The number of carbonyl (C=O) groups excluding carboxylic acids is 2. The molecule has 92 valence electrons. The Bertz CT molecular complexity index is 387. The molecule has 0 saturated carbocycles. The molecule has 0 amide bonds. The van der Waals surface area contributed by atoms with Crippen molar-refractivity contribution in [2.75, 3.05) is 6.61 Å². The number of aromatic nitrogens is 1. The minimum absolute atomic E-state index is 0.108. The van der Waals surface area contributed by atoms with Crippen molar-refractivity contribution in [2.24, 2.45) is 11.8 Å². The van der Waals surface area contributed by atoms with Crippen molar-refractivity contribution in [3.63, 3.8) is 0 Å². The maximum Gasteiger partial charge on any atom is 0.317 e. The smallest absolute Gasteiger partial charge is 0.317 e. The Morgan fingerprint density at radius 3 is 2.53 bits per heavy atom. The van der Waals surface area contributed by atoms with E-state index in [4.69, 9.17) is 4.74 Å². The van der Waals surface area contributed by atoms with Crippen molar-refractivity contribution < 1.29 is 14.3 Å².